The molecule has 0 aliphatic carbocycles. The van der Waals surface area contributed by atoms with Crippen LogP contribution in [0.2, 0.25) is 0 Å². The Labute approximate surface area is 362 Å². The van der Waals surface area contributed by atoms with Crippen LogP contribution in [0.5, 0.6) is 5.75 Å². The summed E-state index contributed by atoms with van der Waals surface area (Å²) < 4.78 is 16.8. The Morgan fingerprint density at radius 1 is 0.921 bits per heavy atom. The first-order chi connectivity index (χ1) is 30.5. The zero-order valence-electron chi connectivity index (χ0n) is 34.2. The van der Waals surface area contributed by atoms with Crippen molar-refractivity contribution in [2.24, 2.45) is 16.8 Å². The SMILES string of the molecule is N/C(=C\N(N)CCOCCOCC(=O)Nc1cccc2c1CN(C1CCC(O)NC1=O)C2=O)COc1ccc(CNC(=O)c2cc(/C=C/C(=O)N=O)cc(-c3ccccc3)c2)cc1. The van der Waals surface area contributed by atoms with Gasteiger partial charge in [-0.15, -0.1) is 4.91 Å². The fraction of sp³-hybridized carbons (Fsp3) is 0.267. The number of carbonyl (C=O) groups excluding carboxylic acids is 5. The minimum atomic E-state index is -0.926. The molecule has 0 spiro atoms. The second-order valence-electron chi connectivity index (χ2n) is 14.6. The van der Waals surface area contributed by atoms with Gasteiger partial charge in [0.05, 0.1) is 32.1 Å². The molecule has 2 heterocycles. The van der Waals surface area contributed by atoms with Gasteiger partial charge in [-0.25, -0.2) is 5.84 Å². The molecule has 63 heavy (non-hydrogen) atoms. The van der Waals surface area contributed by atoms with E-state index in [9.17, 15) is 34.0 Å². The summed E-state index contributed by atoms with van der Waals surface area (Å²) >= 11 is 0. The van der Waals surface area contributed by atoms with Gasteiger partial charge in [0.2, 0.25) is 11.8 Å². The number of rotatable bonds is 20. The summed E-state index contributed by atoms with van der Waals surface area (Å²) in [7, 11) is 0. The van der Waals surface area contributed by atoms with Gasteiger partial charge in [0.1, 0.15) is 31.2 Å². The van der Waals surface area contributed by atoms with E-state index >= 15 is 0 Å². The maximum atomic E-state index is 13.2. The predicted molar refractivity (Wildman–Crippen MR) is 232 cm³/mol. The molecule has 2 unspecified atom stereocenters. The third kappa shape index (κ3) is 12.9. The third-order valence-corrected chi connectivity index (χ3v) is 10.0. The first kappa shape index (κ1) is 45.3. The van der Waals surface area contributed by atoms with Crippen LogP contribution in [0.4, 0.5) is 5.69 Å². The number of carbonyl (C=O) groups is 5. The number of nitrogens with zero attached hydrogens (tertiary/aromatic N) is 3. The molecule has 0 saturated carbocycles. The van der Waals surface area contributed by atoms with Crippen LogP contribution in [-0.4, -0.2) is 96.4 Å². The highest BCUT2D eigenvalue weighted by atomic mass is 16.5. The first-order valence-electron chi connectivity index (χ1n) is 20.1. The van der Waals surface area contributed by atoms with Crippen LogP contribution >= 0.6 is 0 Å². The number of amides is 5. The first-order valence-corrected chi connectivity index (χ1v) is 20.1. The summed E-state index contributed by atoms with van der Waals surface area (Å²) in [6, 6.07) is 26.1. The zero-order valence-corrected chi connectivity index (χ0v) is 34.2. The molecule has 2 atom stereocenters. The number of aliphatic hydroxyl groups excluding tert-OH is 1. The van der Waals surface area contributed by atoms with Gasteiger partial charge in [-0.05, 0) is 83.6 Å². The minimum absolute atomic E-state index is 0.0621. The second kappa shape index (κ2) is 22.0. The van der Waals surface area contributed by atoms with Crippen molar-refractivity contribution in [1.29, 1.82) is 0 Å². The molecule has 6 rings (SSSR count). The van der Waals surface area contributed by atoms with Gasteiger partial charge in [-0.2, -0.15) is 0 Å². The number of fused-ring (bicyclic) bond motifs is 1. The number of hydrogen-bond acceptors (Lipinski definition) is 13. The van der Waals surface area contributed by atoms with Gasteiger partial charge in [-0.1, -0.05) is 48.5 Å². The lowest BCUT2D eigenvalue weighted by Crippen LogP contribution is -2.54. The van der Waals surface area contributed by atoms with Crippen LogP contribution in [0.1, 0.15) is 50.2 Å². The number of piperidine rings is 1. The van der Waals surface area contributed by atoms with Crippen molar-refractivity contribution < 1.29 is 43.3 Å². The van der Waals surface area contributed by atoms with E-state index in [1.807, 2.05) is 48.5 Å². The smallest absolute Gasteiger partial charge is 0.309 e. The molecule has 18 heteroatoms. The number of nitroso groups, excluding NO2 is 1. The number of anilines is 1. The zero-order chi connectivity index (χ0) is 44.7. The molecule has 18 nitrogen and oxygen atoms in total. The van der Waals surface area contributed by atoms with E-state index in [2.05, 4.69) is 21.1 Å². The Morgan fingerprint density at radius 2 is 1.70 bits per heavy atom. The van der Waals surface area contributed by atoms with Crippen LogP contribution in [0.15, 0.2) is 114 Å². The summed E-state index contributed by atoms with van der Waals surface area (Å²) in [6.45, 7) is 1.13. The van der Waals surface area contributed by atoms with Crippen LogP contribution < -0.4 is 32.3 Å². The molecular weight excluding hydrogens is 813 g/mol. The summed E-state index contributed by atoms with van der Waals surface area (Å²) in [5.41, 5.74) is 11.3. The van der Waals surface area contributed by atoms with Crippen molar-refractivity contribution in [3.8, 4) is 16.9 Å². The molecule has 2 aliphatic heterocycles. The topological polar surface area (TPSA) is 257 Å². The molecular formula is C45H48N8O10. The number of nitrogens with one attached hydrogen (secondary N) is 3. The monoisotopic (exact) mass is 860 g/mol. The molecule has 5 amide bonds. The summed E-state index contributed by atoms with van der Waals surface area (Å²) in [5, 5.41) is 21.6. The fourth-order valence-electron chi connectivity index (χ4n) is 6.88. The molecule has 328 valence electrons. The van der Waals surface area contributed by atoms with E-state index in [4.69, 9.17) is 25.8 Å². The highest BCUT2D eigenvalue weighted by Gasteiger charge is 2.40. The molecule has 0 aromatic heterocycles. The van der Waals surface area contributed by atoms with E-state index < -0.39 is 30.0 Å². The standard InChI is InChI=1S/C45H48N8O10/c46-34(27-63-35-12-9-29(10-13-35)24-48-43(57)33-22-30(11-15-41(55)51-60)21-32(23-33)31-5-2-1-3-6-31)25-52(47)17-18-61-19-20-62-28-42(56)49-38-8-4-7-36-37(38)26-53(45(36)59)39-14-16-40(54)50-44(39)58/h1-13,15,21-23,25,39-40,54H,14,16-20,24,26-28,46-47H2,(H,48,57)(H,49,56)(H,50,58)/b15-11+,34-25-. The molecule has 0 bridgehead atoms. The van der Waals surface area contributed by atoms with Gasteiger partial charge in [0.25, 0.3) is 11.8 Å². The predicted octanol–water partition coefficient (Wildman–Crippen LogP) is 3.17. The average Bonchev–Trinajstić information content (AvgIpc) is 3.62. The number of aliphatic hydroxyl groups is 1. The van der Waals surface area contributed by atoms with Crippen LogP contribution in [0.25, 0.3) is 17.2 Å². The molecule has 8 N–H and O–H groups in total. The van der Waals surface area contributed by atoms with Crippen LogP contribution in [0, 0.1) is 4.91 Å². The van der Waals surface area contributed by atoms with E-state index in [0.29, 0.717) is 58.8 Å². The highest BCUT2D eigenvalue weighted by Crippen LogP contribution is 2.32. The van der Waals surface area contributed by atoms with Crippen molar-refractivity contribution in [2.75, 3.05) is 44.9 Å². The largest absolute Gasteiger partial charge is 0.487 e. The van der Waals surface area contributed by atoms with Crippen LogP contribution in [-0.2, 0) is 36.9 Å². The van der Waals surface area contributed by atoms with Crippen LogP contribution in [0.3, 0.4) is 0 Å². The summed E-state index contributed by atoms with van der Waals surface area (Å²) in [5.74, 6) is 4.21. The van der Waals surface area contributed by atoms with Gasteiger partial charge in [0.15, 0.2) is 0 Å². The highest BCUT2D eigenvalue weighted by molar-refractivity contribution is 6.04. The van der Waals surface area contributed by atoms with Gasteiger partial charge >= 0.3 is 5.91 Å². The normalized spacial score (nSPS) is 16.0. The van der Waals surface area contributed by atoms with Crippen molar-refractivity contribution in [3.63, 3.8) is 0 Å². The Balaban J connectivity index is 0.860. The number of hydrogen-bond donors (Lipinski definition) is 6. The van der Waals surface area contributed by atoms with Crippen molar-refractivity contribution in [3.05, 3.63) is 142 Å². The third-order valence-electron chi connectivity index (χ3n) is 10.0. The van der Waals surface area contributed by atoms with Crippen molar-refractivity contribution >= 4 is 41.3 Å². The Hall–Kier alpha value is -7.25. The minimum Gasteiger partial charge on any atom is -0.487 e. The number of nitrogens with two attached hydrogens (primary N) is 2. The average molecular weight is 861 g/mol. The van der Waals surface area contributed by atoms with Crippen molar-refractivity contribution in [2.45, 2.75) is 38.2 Å². The maximum absolute atomic E-state index is 13.2. The van der Waals surface area contributed by atoms with Gasteiger partial charge in [0, 0.05) is 52.9 Å². The Bertz CT molecular complexity index is 2360. The molecule has 4 aromatic rings. The van der Waals surface area contributed by atoms with E-state index in [1.54, 1.807) is 42.5 Å². The Kier molecular flexibility index (Phi) is 15.8. The molecule has 1 fully saturated rings. The molecule has 0 radical (unpaired) electrons. The molecule has 2 aliphatic rings. The van der Waals surface area contributed by atoms with Gasteiger partial charge < -0.3 is 50.9 Å². The van der Waals surface area contributed by atoms with Crippen molar-refractivity contribution in [1.82, 2.24) is 20.5 Å². The number of benzene rings is 4. The number of hydrazine groups is 1. The molecule has 1 saturated heterocycles. The van der Waals surface area contributed by atoms with Gasteiger partial charge in [-0.3, -0.25) is 24.0 Å². The quantitative estimate of drug-likeness (QED) is 0.0246. The Morgan fingerprint density at radius 3 is 2.46 bits per heavy atom. The fourth-order valence-corrected chi connectivity index (χ4v) is 6.88. The number of ether oxygens (including phenoxy) is 3. The van der Waals surface area contributed by atoms with E-state index in [0.717, 1.165) is 22.8 Å². The molecule has 4 aromatic carbocycles. The maximum Gasteiger partial charge on any atom is 0.309 e. The lowest BCUT2D eigenvalue weighted by atomic mass is 9.99. The lowest BCUT2D eigenvalue weighted by molar-refractivity contribution is -0.132. The summed E-state index contributed by atoms with van der Waals surface area (Å²) in [4.78, 5) is 74.7. The summed E-state index contributed by atoms with van der Waals surface area (Å²) in [6.07, 6.45) is 3.77. The van der Waals surface area contributed by atoms with E-state index in [-0.39, 0.29) is 57.9 Å². The van der Waals surface area contributed by atoms with E-state index in [1.165, 1.54) is 22.2 Å². The second-order valence-corrected chi connectivity index (χ2v) is 14.6. The lowest BCUT2D eigenvalue weighted by Gasteiger charge is -2.32.